The van der Waals surface area contributed by atoms with Gasteiger partial charge < -0.3 is 9.80 Å². The number of imidazole rings is 1. The summed E-state index contributed by atoms with van der Waals surface area (Å²) >= 11 is 3.49. The Morgan fingerprint density at radius 3 is 2.44 bits per heavy atom. The Bertz CT molecular complexity index is 912. The first-order valence-electron chi connectivity index (χ1n) is 8.61. The quantitative estimate of drug-likeness (QED) is 0.673. The van der Waals surface area contributed by atoms with Gasteiger partial charge in [0.15, 0.2) is 5.65 Å². The second kappa shape index (κ2) is 5.94. The average Bonchev–Trinajstić information content (AvgIpc) is 3.46. The Hall–Kier alpha value is -2.22. The van der Waals surface area contributed by atoms with Gasteiger partial charge in [-0.1, -0.05) is 0 Å². The van der Waals surface area contributed by atoms with Crippen molar-refractivity contribution in [2.75, 3.05) is 36.0 Å². The third-order valence-corrected chi connectivity index (χ3v) is 5.38. The number of fused-ring (bicyclic) bond motifs is 1. The van der Waals surface area contributed by atoms with E-state index in [-0.39, 0.29) is 0 Å². The lowest BCUT2D eigenvalue weighted by atomic mass is 10.3. The lowest BCUT2D eigenvalue weighted by Gasteiger charge is -2.36. The summed E-state index contributed by atoms with van der Waals surface area (Å²) in [6.07, 6.45) is 6.13. The molecule has 0 aromatic carbocycles. The molecule has 0 N–H and O–H groups in total. The highest BCUT2D eigenvalue weighted by molar-refractivity contribution is 9.10. The molecule has 128 valence electrons. The molecule has 4 heterocycles. The van der Waals surface area contributed by atoms with Crippen LogP contribution in [-0.4, -0.2) is 50.7 Å². The fraction of sp³-hybridized carbons (Fsp3) is 0.412. The smallest absolute Gasteiger partial charge is 0.154 e. The van der Waals surface area contributed by atoms with Gasteiger partial charge in [0.25, 0.3) is 0 Å². The summed E-state index contributed by atoms with van der Waals surface area (Å²) in [5.41, 5.74) is 0.850. The highest BCUT2D eigenvalue weighted by Crippen LogP contribution is 2.38. The van der Waals surface area contributed by atoms with E-state index in [0.29, 0.717) is 5.92 Å². The van der Waals surface area contributed by atoms with Crippen molar-refractivity contribution in [3.8, 4) is 0 Å². The second-order valence-corrected chi connectivity index (χ2v) is 7.38. The molecular weight excluding hydrogens is 382 g/mol. The molecule has 3 aromatic rings. The minimum Gasteiger partial charge on any atom is -0.353 e. The molecule has 5 rings (SSSR count). The summed E-state index contributed by atoms with van der Waals surface area (Å²) in [5.74, 6) is 3.63. The fourth-order valence-electron chi connectivity index (χ4n) is 3.25. The Balaban J connectivity index is 1.31. The van der Waals surface area contributed by atoms with Crippen LogP contribution in [-0.2, 0) is 0 Å². The number of nitrogens with zero attached hydrogens (tertiary/aromatic N) is 7. The monoisotopic (exact) mass is 399 g/mol. The lowest BCUT2D eigenvalue weighted by Crippen LogP contribution is -2.47. The molecule has 0 unspecified atom stereocenters. The molecule has 8 heteroatoms. The van der Waals surface area contributed by atoms with Crippen molar-refractivity contribution in [2.24, 2.45) is 0 Å². The fourth-order valence-corrected chi connectivity index (χ4v) is 3.61. The summed E-state index contributed by atoms with van der Waals surface area (Å²) < 4.78 is 2.70. The van der Waals surface area contributed by atoms with Crippen molar-refractivity contribution < 1.29 is 0 Å². The molecule has 1 saturated heterocycles. The van der Waals surface area contributed by atoms with Crippen molar-refractivity contribution in [1.82, 2.24) is 24.6 Å². The molecule has 1 aliphatic carbocycles. The van der Waals surface area contributed by atoms with E-state index < -0.39 is 0 Å². The van der Waals surface area contributed by atoms with Crippen LogP contribution in [0.2, 0.25) is 0 Å². The molecule has 1 saturated carbocycles. The van der Waals surface area contributed by atoms with E-state index in [4.69, 9.17) is 10.1 Å². The molecular formula is C17H18BrN7. The number of hydrogen-bond acceptors (Lipinski definition) is 6. The second-order valence-electron chi connectivity index (χ2n) is 6.56. The topological polar surface area (TPSA) is 62.5 Å². The van der Waals surface area contributed by atoms with Crippen LogP contribution in [0.15, 0.2) is 35.2 Å². The molecule has 7 nitrogen and oxygen atoms in total. The summed E-state index contributed by atoms with van der Waals surface area (Å²) in [4.78, 5) is 18.1. The van der Waals surface area contributed by atoms with Crippen LogP contribution in [0.3, 0.4) is 0 Å². The number of rotatable bonds is 3. The normalized spacial score (nSPS) is 18.1. The van der Waals surface area contributed by atoms with Gasteiger partial charge in [0, 0.05) is 38.3 Å². The van der Waals surface area contributed by atoms with Gasteiger partial charge in [-0.15, -0.1) is 5.10 Å². The molecule has 1 aliphatic heterocycles. The highest BCUT2D eigenvalue weighted by atomic mass is 79.9. The van der Waals surface area contributed by atoms with Gasteiger partial charge >= 0.3 is 0 Å². The highest BCUT2D eigenvalue weighted by Gasteiger charge is 2.27. The van der Waals surface area contributed by atoms with Crippen LogP contribution >= 0.6 is 15.9 Å². The molecule has 0 spiro atoms. The predicted octanol–water partition coefficient (Wildman–Crippen LogP) is 2.49. The first kappa shape index (κ1) is 15.1. The number of piperazine rings is 1. The molecule has 0 radical (unpaired) electrons. The lowest BCUT2D eigenvalue weighted by molar-refractivity contribution is 0.633. The van der Waals surface area contributed by atoms with Gasteiger partial charge in [0.05, 0.1) is 6.20 Å². The summed E-state index contributed by atoms with van der Waals surface area (Å²) in [5, 5.41) is 4.69. The molecule has 2 aliphatic rings. The van der Waals surface area contributed by atoms with E-state index in [9.17, 15) is 0 Å². The number of halogens is 1. The molecule has 3 aromatic heterocycles. The Labute approximate surface area is 153 Å². The van der Waals surface area contributed by atoms with Crippen LogP contribution < -0.4 is 9.80 Å². The van der Waals surface area contributed by atoms with E-state index in [1.807, 2.05) is 28.9 Å². The maximum absolute atomic E-state index is 4.76. The molecule has 0 amide bonds. The third-order valence-electron chi connectivity index (χ3n) is 4.84. The van der Waals surface area contributed by atoms with Gasteiger partial charge in [-0.05, 0) is 47.0 Å². The summed E-state index contributed by atoms with van der Waals surface area (Å²) in [6.45, 7) is 3.72. The van der Waals surface area contributed by atoms with E-state index in [1.165, 1.54) is 12.8 Å². The Morgan fingerprint density at radius 1 is 0.920 bits per heavy atom. The van der Waals surface area contributed by atoms with Crippen molar-refractivity contribution in [3.05, 3.63) is 41.0 Å². The van der Waals surface area contributed by atoms with Crippen molar-refractivity contribution in [1.29, 1.82) is 0 Å². The zero-order valence-corrected chi connectivity index (χ0v) is 15.3. The van der Waals surface area contributed by atoms with Gasteiger partial charge in [-0.3, -0.25) is 0 Å². The maximum atomic E-state index is 4.76. The van der Waals surface area contributed by atoms with Gasteiger partial charge in [-0.2, -0.15) is 0 Å². The zero-order valence-electron chi connectivity index (χ0n) is 13.7. The molecule has 25 heavy (non-hydrogen) atoms. The SMILES string of the molecule is Brc1cnc2ccc(N3CCN(c4ccnc(C5CC5)n4)CC3)nn12. The first-order valence-corrected chi connectivity index (χ1v) is 9.40. The number of hydrogen-bond donors (Lipinski definition) is 0. The molecule has 0 atom stereocenters. The van der Waals surface area contributed by atoms with Gasteiger partial charge in [-0.25, -0.2) is 19.5 Å². The molecule has 2 fully saturated rings. The van der Waals surface area contributed by atoms with Crippen LogP contribution in [0, 0.1) is 0 Å². The third kappa shape index (κ3) is 2.84. The van der Waals surface area contributed by atoms with Crippen molar-refractivity contribution in [3.63, 3.8) is 0 Å². The van der Waals surface area contributed by atoms with Crippen LogP contribution in [0.1, 0.15) is 24.6 Å². The van der Waals surface area contributed by atoms with Gasteiger partial charge in [0.1, 0.15) is 22.1 Å². The van der Waals surface area contributed by atoms with Crippen LogP contribution in [0.5, 0.6) is 0 Å². The van der Waals surface area contributed by atoms with E-state index in [1.54, 1.807) is 6.20 Å². The van der Waals surface area contributed by atoms with E-state index >= 15 is 0 Å². The average molecular weight is 400 g/mol. The Morgan fingerprint density at radius 2 is 1.68 bits per heavy atom. The zero-order chi connectivity index (χ0) is 16.8. The summed E-state index contributed by atoms with van der Waals surface area (Å²) in [7, 11) is 0. The Kier molecular flexibility index (Phi) is 3.58. The summed E-state index contributed by atoms with van der Waals surface area (Å²) in [6, 6.07) is 6.07. The predicted molar refractivity (Wildman–Crippen MR) is 99.1 cm³/mol. The first-order chi connectivity index (χ1) is 12.3. The minimum absolute atomic E-state index is 0.589. The standard InChI is InChI=1S/C17H18BrN7/c18-13-11-20-14-3-4-16(22-25(13)14)24-9-7-23(8-10-24)15-5-6-19-17(21-15)12-1-2-12/h3-6,11-12H,1-2,7-10H2. The number of anilines is 2. The molecule has 0 bridgehead atoms. The minimum atomic E-state index is 0.589. The largest absolute Gasteiger partial charge is 0.353 e. The van der Waals surface area contributed by atoms with Crippen molar-refractivity contribution >= 4 is 33.2 Å². The van der Waals surface area contributed by atoms with E-state index in [2.05, 4.69) is 35.7 Å². The maximum Gasteiger partial charge on any atom is 0.154 e. The van der Waals surface area contributed by atoms with E-state index in [0.717, 1.165) is 53.9 Å². The van der Waals surface area contributed by atoms with Gasteiger partial charge in [0.2, 0.25) is 0 Å². The number of aromatic nitrogens is 5. The van der Waals surface area contributed by atoms with Crippen molar-refractivity contribution in [2.45, 2.75) is 18.8 Å². The van der Waals surface area contributed by atoms with Crippen LogP contribution in [0.25, 0.3) is 5.65 Å². The van der Waals surface area contributed by atoms with Crippen LogP contribution in [0.4, 0.5) is 11.6 Å².